The van der Waals surface area contributed by atoms with E-state index < -0.39 is 0 Å². The molecule has 0 unspecified atom stereocenters. The number of hydrogen-bond donors (Lipinski definition) is 1. The minimum Gasteiger partial charge on any atom is -0.393 e. The van der Waals surface area contributed by atoms with Crippen molar-refractivity contribution in [2.24, 2.45) is 5.41 Å². The van der Waals surface area contributed by atoms with Gasteiger partial charge in [0.05, 0.1) is 6.10 Å². The average Bonchev–Trinajstić information content (AvgIpc) is 2.87. The van der Waals surface area contributed by atoms with Gasteiger partial charge in [-0.25, -0.2) is 0 Å². The van der Waals surface area contributed by atoms with Gasteiger partial charge >= 0.3 is 0 Å². The third-order valence-electron chi connectivity index (χ3n) is 7.55. The first-order valence-electron chi connectivity index (χ1n) is 14.7. The standard InChI is InChI=1S/C40H50O/c1-29(17-13-19-31(3)21-25-38-34(6)24-23-33(5)36(38)8)15-11-12-16-30(2)18-14-20-32(4)22-26-39-35(7)27-37(41)28-40(39,9)10/h11-21,23-25,37,41H,27-28H2,1-10H3/b12-11+,17-13+,18-14+,25-21+,29-15+,30-16+,31-19+,32-20+/t37-/m0/s1. The zero-order chi connectivity index (χ0) is 30.6. The number of aryl methyl sites for hydroxylation is 2. The minimum atomic E-state index is -0.257. The Bertz CT molecular complexity index is 1430. The number of aliphatic hydroxyl groups is 1. The molecule has 2 rings (SSSR count). The summed E-state index contributed by atoms with van der Waals surface area (Å²) in [4.78, 5) is 0. The lowest BCUT2D eigenvalue weighted by Gasteiger charge is -2.34. The third kappa shape index (κ3) is 11.4. The molecule has 1 aliphatic carbocycles. The van der Waals surface area contributed by atoms with Crippen molar-refractivity contribution in [1.82, 2.24) is 0 Å². The zero-order valence-electron chi connectivity index (χ0n) is 27.0. The highest BCUT2D eigenvalue weighted by Gasteiger charge is 2.31. The Labute approximate surface area is 250 Å². The monoisotopic (exact) mass is 546 g/mol. The van der Waals surface area contributed by atoms with E-state index in [-0.39, 0.29) is 11.5 Å². The Balaban J connectivity index is 1.92. The first kappa shape index (κ1) is 33.6. The number of aliphatic hydroxyl groups excluding tert-OH is 1. The average molecular weight is 547 g/mol. The van der Waals surface area contributed by atoms with Crippen LogP contribution >= 0.6 is 0 Å². The van der Waals surface area contributed by atoms with Crippen LogP contribution in [0.4, 0.5) is 0 Å². The number of rotatable bonds is 8. The molecule has 1 aliphatic rings. The molecule has 1 heteroatoms. The molecule has 0 saturated heterocycles. The topological polar surface area (TPSA) is 20.2 Å². The van der Waals surface area contributed by atoms with Crippen LogP contribution in [0, 0.1) is 38.0 Å². The summed E-state index contributed by atoms with van der Waals surface area (Å²) in [7, 11) is 0. The maximum absolute atomic E-state index is 10.1. The summed E-state index contributed by atoms with van der Waals surface area (Å²) < 4.78 is 0. The van der Waals surface area contributed by atoms with Gasteiger partial charge in [0.2, 0.25) is 0 Å². The van der Waals surface area contributed by atoms with E-state index >= 15 is 0 Å². The molecule has 0 amide bonds. The fraction of sp³-hybridized carbons (Fsp3) is 0.350. The largest absolute Gasteiger partial charge is 0.393 e. The van der Waals surface area contributed by atoms with Gasteiger partial charge < -0.3 is 5.11 Å². The highest BCUT2D eigenvalue weighted by Crippen LogP contribution is 2.39. The van der Waals surface area contributed by atoms with Crippen molar-refractivity contribution in [2.75, 3.05) is 0 Å². The van der Waals surface area contributed by atoms with Gasteiger partial charge in [0.15, 0.2) is 0 Å². The van der Waals surface area contributed by atoms with Crippen LogP contribution in [0.2, 0.25) is 0 Å². The summed E-state index contributed by atoms with van der Waals surface area (Å²) >= 11 is 0. The van der Waals surface area contributed by atoms with E-state index in [1.54, 1.807) is 0 Å². The van der Waals surface area contributed by atoms with Crippen LogP contribution < -0.4 is 0 Å². The van der Waals surface area contributed by atoms with E-state index in [9.17, 15) is 5.11 Å². The van der Waals surface area contributed by atoms with E-state index in [4.69, 9.17) is 0 Å². The SMILES string of the molecule is CC1=C(C#C/C(C)=C/C=C/C(C)=C/C=C/C=C(C)/C=C/C=C(C)/C=C/c2c(C)ccc(C)c2C)C(C)(C)C[C@@H](O)C1. The van der Waals surface area contributed by atoms with E-state index in [2.05, 4.69) is 159 Å². The Morgan fingerprint density at radius 2 is 1.32 bits per heavy atom. The van der Waals surface area contributed by atoms with Crippen molar-refractivity contribution in [2.45, 2.75) is 88.2 Å². The van der Waals surface area contributed by atoms with Crippen LogP contribution in [-0.2, 0) is 0 Å². The normalized spacial score (nSPS) is 19.2. The van der Waals surface area contributed by atoms with Crippen LogP contribution in [0.25, 0.3) is 6.08 Å². The fourth-order valence-electron chi connectivity index (χ4n) is 5.00. The molecule has 0 aromatic heterocycles. The molecule has 0 aliphatic heterocycles. The quantitative estimate of drug-likeness (QED) is 0.254. The summed E-state index contributed by atoms with van der Waals surface area (Å²) in [5.41, 5.74) is 12.2. The van der Waals surface area contributed by atoms with Crippen molar-refractivity contribution in [3.8, 4) is 11.8 Å². The van der Waals surface area contributed by atoms with E-state index in [1.807, 2.05) is 6.92 Å². The molecule has 41 heavy (non-hydrogen) atoms. The Morgan fingerprint density at radius 1 is 0.780 bits per heavy atom. The zero-order valence-corrected chi connectivity index (χ0v) is 27.0. The van der Waals surface area contributed by atoms with Crippen molar-refractivity contribution < 1.29 is 5.11 Å². The molecule has 1 aromatic rings. The molecule has 0 fully saturated rings. The van der Waals surface area contributed by atoms with E-state index in [0.29, 0.717) is 0 Å². The molecule has 0 heterocycles. The summed E-state index contributed by atoms with van der Waals surface area (Å²) in [6, 6.07) is 4.38. The van der Waals surface area contributed by atoms with Crippen LogP contribution in [0.15, 0.2) is 112 Å². The molecular formula is C40H50O. The van der Waals surface area contributed by atoms with Crippen molar-refractivity contribution in [3.05, 3.63) is 135 Å². The van der Waals surface area contributed by atoms with Crippen LogP contribution in [0.1, 0.15) is 83.6 Å². The molecule has 0 spiro atoms. The van der Waals surface area contributed by atoms with Gasteiger partial charge in [0, 0.05) is 11.0 Å². The summed E-state index contributed by atoms with van der Waals surface area (Å²) in [6.07, 6.45) is 26.6. The second-order valence-corrected chi connectivity index (χ2v) is 12.1. The molecule has 1 aromatic carbocycles. The van der Waals surface area contributed by atoms with Gasteiger partial charge in [0.1, 0.15) is 0 Å². The lowest BCUT2D eigenvalue weighted by Crippen LogP contribution is -2.28. The molecular weight excluding hydrogens is 496 g/mol. The predicted molar refractivity (Wildman–Crippen MR) is 182 cm³/mol. The van der Waals surface area contributed by atoms with Crippen molar-refractivity contribution in [3.63, 3.8) is 0 Å². The van der Waals surface area contributed by atoms with Crippen molar-refractivity contribution in [1.29, 1.82) is 0 Å². The molecule has 0 bridgehead atoms. The van der Waals surface area contributed by atoms with Gasteiger partial charge in [0.25, 0.3) is 0 Å². The molecule has 216 valence electrons. The number of hydrogen-bond acceptors (Lipinski definition) is 1. The third-order valence-corrected chi connectivity index (χ3v) is 7.55. The Hall–Kier alpha value is -3.60. The number of benzene rings is 1. The first-order chi connectivity index (χ1) is 19.3. The molecule has 1 N–H and O–H groups in total. The van der Waals surface area contributed by atoms with Crippen LogP contribution in [0.5, 0.6) is 0 Å². The van der Waals surface area contributed by atoms with Crippen molar-refractivity contribution >= 4 is 6.08 Å². The maximum atomic E-state index is 10.1. The minimum absolute atomic E-state index is 0.0769. The van der Waals surface area contributed by atoms with Crippen LogP contribution in [-0.4, -0.2) is 11.2 Å². The molecule has 1 atom stereocenters. The molecule has 0 saturated carbocycles. The number of allylic oxidation sites excluding steroid dienone is 16. The molecule has 1 nitrogen and oxygen atoms in total. The van der Waals surface area contributed by atoms with E-state index in [1.165, 1.54) is 50.1 Å². The Morgan fingerprint density at radius 3 is 1.93 bits per heavy atom. The lowest BCUT2D eigenvalue weighted by molar-refractivity contribution is 0.117. The van der Waals surface area contributed by atoms with Gasteiger partial charge in [-0.1, -0.05) is 133 Å². The summed E-state index contributed by atoms with van der Waals surface area (Å²) in [6.45, 7) is 21.3. The van der Waals surface area contributed by atoms with E-state index in [0.717, 1.165) is 18.4 Å². The Kier molecular flexibility index (Phi) is 13.1. The first-order valence-corrected chi connectivity index (χ1v) is 14.7. The maximum Gasteiger partial charge on any atom is 0.0586 e. The smallest absolute Gasteiger partial charge is 0.0586 e. The highest BCUT2D eigenvalue weighted by molar-refractivity contribution is 5.61. The van der Waals surface area contributed by atoms with Gasteiger partial charge in [-0.15, -0.1) is 0 Å². The second kappa shape index (κ2) is 16.0. The summed E-state index contributed by atoms with van der Waals surface area (Å²) in [5.74, 6) is 6.68. The highest BCUT2D eigenvalue weighted by atomic mass is 16.3. The summed E-state index contributed by atoms with van der Waals surface area (Å²) in [5, 5.41) is 10.1. The second-order valence-electron chi connectivity index (χ2n) is 12.1. The fourth-order valence-corrected chi connectivity index (χ4v) is 5.00. The van der Waals surface area contributed by atoms with Gasteiger partial charge in [-0.2, -0.15) is 0 Å². The lowest BCUT2D eigenvalue weighted by atomic mass is 9.72. The van der Waals surface area contributed by atoms with Gasteiger partial charge in [-0.05, 0) is 96.1 Å². The molecule has 0 radical (unpaired) electrons. The van der Waals surface area contributed by atoms with Gasteiger partial charge in [-0.3, -0.25) is 0 Å². The predicted octanol–water partition coefficient (Wildman–Crippen LogP) is 10.6. The van der Waals surface area contributed by atoms with Crippen LogP contribution in [0.3, 0.4) is 0 Å².